The van der Waals surface area contributed by atoms with Crippen molar-refractivity contribution in [2.75, 3.05) is 0 Å². The van der Waals surface area contributed by atoms with Crippen LogP contribution in [0.2, 0.25) is 0 Å². The molecule has 0 fully saturated rings. The minimum absolute atomic E-state index is 0.161. The Bertz CT molecular complexity index is 701. The minimum atomic E-state index is -0.326. The van der Waals surface area contributed by atoms with Crippen LogP contribution in [0.5, 0.6) is 0 Å². The molecule has 0 spiro atoms. The normalized spacial score (nSPS) is 10.9. The molecule has 2 aromatic heterocycles. The zero-order valence-electron chi connectivity index (χ0n) is 9.45. The largest absolute Gasteiger partial charge is 0.337 e. The summed E-state index contributed by atoms with van der Waals surface area (Å²) in [5, 5.41) is 14.0. The maximum Gasteiger partial charge on any atom is 0.293 e. The van der Waals surface area contributed by atoms with Gasteiger partial charge in [0.1, 0.15) is 5.52 Å². The van der Waals surface area contributed by atoms with Gasteiger partial charge in [-0.15, -0.1) is 11.3 Å². The summed E-state index contributed by atoms with van der Waals surface area (Å²) in [5.41, 5.74) is 0.852. The average Bonchev–Trinajstić information content (AvgIpc) is 2.99. The smallest absolute Gasteiger partial charge is 0.293 e. The van der Waals surface area contributed by atoms with E-state index in [1.54, 1.807) is 23.5 Å². The summed E-state index contributed by atoms with van der Waals surface area (Å²) in [4.78, 5) is 11.9. The molecule has 0 aliphatic carbocycles. The van der Waals surface area contributed by atoms with E-state index in [0.29, 0.717) is 12.1 Å². The number of fused-ring (bicyclic) bond motifs is 1. The number of nitro benzene ring substituents is 1. The van der Waals surface area contributed by atoms with Crippen LogP contribution < -0.4 is 0 Å². The van der Waals surface area contributed by atoms with Gasteiger partial charge in [-0.1, -0.05) is 18.2 Å². The Kier molecular flexibility index (Phi) is 2.60. The summed E-state index contributed by atoms with van der Waals surface area (Å²) in [6.07, 6.45) is 1.90. The number of nitro groups is 1. The number of hydrogen-bond acceptors (Lipinski definition) is 3. The highest BCUT2D eigenvalue weighted by molar-refractivity contribution is 7.09. The van der Waals surface area contributed by atoms with E-state index in [4.69, 9.17) is 0 Å². The van der Waals surface area contributed by atoms with E-state index in [0.717, 1.165) is 5.39 Å². The second-order valence-corrected chi connectivity index (χ2v) is 5.03. The summed E-state index contributed by atoms with van der Waals surface area (Å²) in [6.45, 7) is 0.673. The van der Waals surface area contributed by atoms with Crippen molar-refractivity contribution in [3.8, 4) is 0 Å². The van der Waals surface area contributed by atoms with E-state index in [1.807, 2.05) is 40.4 Å². The van der Waals surface area contributed by atoms with Crippen molar-refractivity contribution in [2.45, 2.75) is 6.54 Å². The minimum Gasteiger partial charge on any atom is -0.337 e. The van der Waals surface area contributed by atoms with E-state index >= 15 is 0 Å². The van der Waals surface area contributed by atoms with Crippen LogP contribution in [0.1, 0.15) is 4.88 Å². The number of aromatic nitrogens is 1. The molecular weight excluding hydrogens is 248 g/mol. The molecule has 2 heterocycles. The van der Waals surface area contributed by atoms with Gasteiger partial charge in [-0.2, -0.15) is 0 Å². The van der Waals surface area contributed by atoms with E-state index in [-0.39, 0.29) is 10.6 Å². The first-order valence-electron chi connectivity index (χ1n) is 5.50. The molecule has 3 aromatic rings. The van der Waals surface area contributed by atoms with Crippen LogP contribution >= 0.6 is 11.3 Å². The number of nitrogens with zero attached hydrogens (tertiary/aromatic N) is 2. The third-order valence-electron chi connectivity index (χ3n) is 2.87. The quantitative estimate of drug-likeness (QED) is 0.531. The summed E-state index contributed by atoms with van der Waals surface area (Å²) in [6, 6.07) is 11.1. The average molecular weight is 258 g/mol. The molecule has 4 nitrogen and oxygen atoms in total. The number of benzene rings is 1. The van der Waals surface area contributed by atoms with Crippen molar-refractivity contribution in [1.29, 1.82) is 0 Å². The lowest BCUT2D eigenvalue weighted by Gasteiger charge is -2.03. The van der Waals surface area contributed by atoms with Crippen molar-refractivity contribution < 1.29 is 4.92 Å². The Hall–Kier alpha value is -2.14. The lowest BCUT2D eigenvalue weighted by atomic mass is 10.2. The van der Waals surface area contributed by atoms with Gasteiger partial charge in [0.05, 0.1) is 11.5 Å². The molecule has 0 aliphatic heterocycles. The maximum absolute atomic E-state index is 11.1. The predicted octanol–water partition coefficient (Wildman–Crippen LogP) is 3.66. The van der Waals surface area contributed by atoms with Gasteiger partial charge in [0.15, 0.2) is 0 Å². The van der Waals surface area contributed by atoms with Gasteiger partial charge in [-0.25, -0.2) is 0 Å². The molecule has 0 unspecified atom stereocenters. The third kappa shape index (κ3) is 1.78. The summed E-state index contributed by atoms with van der Waals surface area (Å²) < 4.78 is 1.93. The van der Waals surface area contributed by atoms with E-state index in [9.17, 15) is 10.1 Å². The second-order valence-electron chi connectivity index (χ2n) is 4.00. The molecule has 3 rings (SSSR count). The highest BCUT2D eigenvalue weighted by Gasteiger charge is 2.15. The van der Waals surface area contributed by atoms with Crippen molar-refractivity contribution in [3.05, 3.63) is 63.0 Å². The number of thiophene rings is 1. The molecule has 0 saturated heterocycles. The zero-order valence-corrected chi connectivity index (χ0v) is 10.3. The lowest BCUT2D eigenvalue weighted by molar-refractivity contribution is -0.383. The van der Waals surface area contributed by atoms with Crippen molar-refractivity contribution in [1.82, 2.24) is 4.57 Å². The molecule has 18 heavy (non-hydrogen) atoms. The van der Waals surface area contributed by atoms with Crippen molar-refractivity contribution >= 4 is 27.9 Å². The highest BCUT2D eigenvalue weighted by Crippen LogP contribution is 2.27. The van der Waals surface area contributed by atoms with Gasteiger partial charge in [-0.3, -0.25) is 10.1 Å². The Morgan fingerprint density at radius 1 is 1.22 bits per heavy atom. The van der Waals surface area contributed by atoms with E-state index < -0.39 is 0 Å². The van der Waals surface area contributed by atoms with Gasteiger partial charge in [0.2, 0.25) is 0 Å². The van der Waals surface area contributed by atoms with Crippen LogP contribution in [-0.2, 0) is 6.54 Å². The van der Waals surface area contributed by atoms with E-state index in [2.05, 4.69) is 0 Å². The molecule has 0 aliphatic rings. The molecule has 5 heteroatoms. The van der Waals surface area contributed by atoms with Gasteiger partial charge in [-0.05, 0) is 17.5 Å². The molecule has 90 valence electrons. The standard InChI is InChI=1S/C13H10N2O2S/c16-15(17)12-5-1-3-10-6-7-14(13(10)12)9-11-4-2-8-18-11/h1-8H,9H2. The summed E-state index contributed by atoms with van der Waals surface area (Å²) >= 11 is 1.65. The van der Waals surface area contributed by atoms with E-state index in [1.165, 1.54) is 4.88 Å². The van der Waals surface area contributed by atoms with Crippen LogP contribution in [0.4, 0.5) is 5.69 Å². The van der Waals surface area contributed by atoms with Crippen LogP contribution in [0.15, 0.2) is 48.0 Å². The van der Waals surface area contributed by atoms with Crippen molar-refractivity contribution in [2.24, 2.45) is 0 Å². The maximum atomic E-state index is 11.1. The zero-order chi connectivity index (χ0) is 12.5. The number of para-hydroxylation sites is 1. The fourth-order valence-corrected chi connectivity index (χ4v) is 2.79. The van der Waals surface area contributed by atoms with Crippen LogP contribution in [0.3, 0.4) is 0 Å². The van der Waals surface area contributed by atoms with Gasteiger partial charge in [0, 0.05) is 22.5 Å². The van der Waals surface area contributed by atoms with Gasteiger partial charge >= 0.3 is 0 Å². The van der Waals surface area contributed by atoms with Gasteiger partial charge < -0.3 is 4.57 Å². The summed E-state index contributed by atoms with van der Waals surface area (Å²) in [7, 11) is 0. The molecule has 1 aromatic carbocycles. The Morgan fingerprint density at radius 2 is 2.11 bits per heavy atom. The monoisotopic (exact) mass is 258 g/mol. The number of non-ortho nitro benzene ring substituents is 1. The molecule has 0 atom stereocenters. The fourth-order valence-electron chi connectivity index (χ4n) is 2.09. The van der Waals surface area contributed by atoms with Gasteiger partial charge in [0.25, 0.3) is 5.69 Å². The fraction of sp³-hybridized carbons (Fsp3) is 0.0769. The third-order valence-corrected chi connectivity index (χ3v) is 3.73. The molecular formula is C13H10N2O2S. The molecule has 0 amide bonds. The Morgan fingerprint density at radius 3 is 2.83 bits per heavy atom. The first-order chi connectivity index (χ1) is 8.75. The number of rotatable bonds is 3. The Balaban J connectivity index is 2.15. The topological polar surface area (TPSA) is 48.1 Å². The molecule has 0 saturated carbocycles. The lowest BCUT2D eigenvalue weighted by Crippen LogP contribution is -1.98. The highest BCUT2D eigenvalue weighted by atomic mass is 32.1. The van der Waals surface area contributed by atoms with Crippen LogP contribution in [-0.4, -0.2) is 9.49 Å². The number of hydrogen-bond donors (Lipinski definition) is 0. The molecule has 0 N–H and O–H groups in total. The first kappa shape index (κ1) is 11.0. The SMILES string of the molecule is O=[N+]([O-])c1cccc2ccn(Cc3cccs3)c12. The molecule has 0 bridgehead atoms. The summed E-state index contributed by atoms with van der Waals surface area (Å²) in [5.74, 6) is 0. The Labute approximate surface area is 107 Å². The second kappa shape index (κ2) is 4.27. The van der Waals surface area contributed by atoms with Crippen LogP contribution in [0, 0.1) is 10.1 Å². The predicted molar refractivity (Wildman–Crippen MR) is 72.0 cm³/mol. The van der Waals surface area contributed by atoms with Crippen molar-refractivity contribution in [3.63, 3.8) is 0 Å². The first-order valence-corrected chi connectivity index (χ1v) is 6.38. The molecule has 0 radical (unpaired) electrons. The van der Waals surface area contributed by atoms with Crippen LogP contribution in [0.25, 0.3) is 10.9 Å².